The summed E-state index contributed by atoms with van der Waals surface area (Å²) in [6.45, 7) is 7.29. The first-order valence-electron chi connectivity index (χ1n) is 7.21. The van der Waals surface area contributed by atoms with E-state index in [0.717, 1.165) is 29.7 Å². The van der Waals surface area contributed by atoms with Crippen LogP contribution in [0.4, 0.5) is 4.39 Å². The summed E-state index contributed by atoms with van der Waals surface area (Å²) in [6, 6.07) is 13.5. The largest absolute Gasteiger partial charge is 0.310 e. The summed E-state index contributed by atoms with van der Waals surface area (Å²) >= 11 is 0. The first-order chi connectivity index (χ1) is 9.61. The van der Waals surface area contributed by atoms with Crippen LogP contribution in [-0.2, 0) is 0 Å². The summed E-state index contributed by atoms with van der Waals surface area (Å²) in [6.07, 6.45) is 1.09. The molecule has 2 aromatic rings. The van der Waals surface area contributed by atoms with Crippen LogP contribution in [0.15, 0.2) is 42.5 Å². The number of nitrogens with one attached hydrogen (secondary N) is 1. The fraction of sp³-hybridized carbons (Fsp3) is 0.333. The lowest BCUT2D eigenvalue weighted by atomic mass is 9.94. The molecule has 0 aliphatic rings. The molecule has 0 saturated carbocycles. The maximum Gasteiger partial charge on any atom is 0.123 e. The van der Waals surface area contributed by atoms with Gasteiger partial charge in [0.1, 0.15) is 5.82 Å². The van der Waals surface area contributed by atoms with Gasteiger partial charge in [-0.25, -0.2) is 4.39 Å². The summed E-state index contributed by atoms with van der Waals surface area (Å²) in [7, 11) is 0. The SMILES string of the molecule is CCCNC(C)c1ccc(F)cc1-c1cccc(C)c1. The molecule has 0 aliphatic carbocycles. The highest BCUT2D eigenvalue weighted by atomic mass is 19.1. The van der Waals surface area contributed by atoms with Gasteiger partial charge in [-0.2, -0.15) is 0 Å². The van der Waals surface area contributed by atoms with Crippen LogP contribution in [0, 0.1) is 12.7 Å². The van der Waals surface area contributed by atoms with Crippen molar-refractivity contribution < 1.29 is 4.39 Å². The Morgan fingerprint density at radius 1 is 1.15 bits per heavy atom. The molecule has 106 valence electrons. The van der Waals surface area contributed by atoms with E-state index in [4.69, 9.17) is 0 Å². The average molecular weight is 271 g/mol. The van der Waals surface area contributed by atoms with E-state index in [9.17, 15) is 4.39 Å². The maximum atomic E-state index is 13.6. The van der Waals surface area contributed by atoms with E-state index in [1.165, 1.54) is 5.56 Å². The monoisotopic (exact) mass is 271 g/mol. The van der Waals surface area contributed by atoms with Gasteiger partial charge in [0.05, 0.1) is 0 Å². The van der Waals surface area contributed by atoms with Gasteiger partial charge in [-0.05, 0) is 55.6 Å². The van der Waals surface area contributed by atoms with Crippen molar-refractivity contribution >= 4 is 0 Å². The Labute approximate surface area is 120 Å². The third-order valence-corrected chi connectivity index (χ3v) is 3.51. The Kier molecular flexibility index (Phi) is 4.91. The quantitative estimate of drug-likeness (QED) is 0.818. The van der Waals surface area contributed by atoms with Crippen molar-refractivity contribution in [3.63, 3.8) is 0 Å². The predicted molar refractivity (Wildman–Crippen MR) is 83.3 cm³/mol. The van der Waals surface area contributed by atoms with Crippen LogP contribution < -0.4 is 5.32 Å². The minimum atomic E-state index is -0.187. The molecule has 0 aromatic heterocycles. The minimum absolute atomic E-state index is 0.187. The first kappa shape index (κ1) is 14.7. The van der Waals surface area contributed by atoms with Crippen molar-refractivity contribution in [1.29, 1.82) is 0 Å². The van der Waals surface area contributed by atoms with Crippen molar-refractivity contribution in [3.8, 4) is 11.1 Å². The zero-order valence-electron chi connectivity index (χ0n) is 12.4. The molecule has 0 bridgehead atoms. The summed E-state index contributed by atoms with van der Waals surface area (Å²) in [5.74, 6) is -0.187. The number of halogens is 1. The number of benzene rings is 2. The van der Waals surface area contributed by atoms with Crippen molar-refractivity contribution in [2.75, 3.05) is 6.54 Å². The second-order valence-electron chi connectivity index (χ2n) is 5.28. The second kappa shape index (κ2) is 6.67. The van der Waals surface area contributed by atoms with E-state index >= 15 is 0 Å². The normalized spacial score (nSPS) is 12.4. The molecule has 0 aliphatic heterocycles. The highest BCUT2D eigenvalue weighted by molar-refractivity contribution is 5.68. The van der Waals surface area contributed by atoms with Gasteiger partial charge in [-0.15, -0.1) is 0 Å². The maximum absolute atomic E-state index is 13.6. The van der Waals surface area contributed by atoms with Gasteiger partial charge < -0.3 is 5.32 Å². The Balaban J connectivity index is 2.43. The summed E-state index contributed by atoms with van der Waals surface area (Å²) < 4.78 is 13.6. The lowest BCUT2D eigenvalue weighted by Gasteiger charge is -2.18. The van der Waals surface area contributed by atoms with Crippen molar-refractivity contribution in [1.82, 2.24) is 5.32 Å². The van der Waals surface area contributed by atoms with Gasteiger partial charge in [0.15, 0.2) is 0 Å². The van der Waals surface area contributed by atoms with Gasteiger partial charge in [-0.1, -0.05) is 42.8 Å². The van der Waals surface area contributed by atoms with E-state index in [2.05, 4.69) is 38.2 Å². The molecule has 2 heteroatoms. The van der Waals surface area contributed by atoms with Crippen LogP contribution >= 0.6 is 0 Å². The van der Waals surface area contributed by atoms with Crippen LogP contribution in [-0.4, -0.2) is 6.54 Å². The van der Waals surface area contributed by atoms with E-state index in [1.807, 2.05) is 18.2 Å². The molecule has 2 aromatic carbocycles. The fourth-order valence-corrected chi connectivity index (χ4v) is 2.44. The molecule has 0 amide bonds. The second-order valence-corrected chi connectivity index (χ2v) is 5.28. The van der Waals surface area contributed by atoms with Crippen molar-refractivity contribution in [2.24, 2.45) is 0 Å². The van der Waals surface area contributed by atoms with E-state index in [-0.39, 0.29) is 11.9 Å². The first-order valence-corrected chi connectivity index (χ1v) is 7.21. The topological polar surface area (TPSA) is 12.0 Å². The molecule has 1 N–H and O–H groups in total. The lowest BCUT2D eigenvalue weighted by molar-refractivity contribution is 0.569. The van der Waals surface area contributed by atoms with Gasteiger partial charge in [0.2, 0.25) is 0 Å². The van der Waals surface area contributed by atoms with Gasteiger partial charge >= 0.3 is 0 Å². The highest BCUT2D eigenvalue weighted by Crippen LogP contribution is 2.29. The Bertz CT molecular complexity index is 577. The molecule has 0 radical (unpaired) electrons. The zero-order valence-corrected chi connectivity index (χ0v) is 12.4. The number of hydrogen-bond acceptors (Lipinski definition) is 1. The summed E-state index contributed by atoms with van der Waals surface area (Å²) in [5, 5.41) is 3.47. The van der Waals surface area contributed by atoms with Crippen LogP contribution in [0.25, 0.3) is 11.1 Å². The standard InChI is InChI=1S/C18H22FN/c1-4-10-20-14(3)17-9-8-16(19)12-18(17)15-7-5-6-13(2)11-15/h5-9,11-12,14,20H,4,10H2,1-3H3. The van der Waals surface area contributed by atoms with E-state index in [0.29, 0.717) is 0 Å². The average Bonchev–Trinajstić information content (AvgIpc) is 2.44. The highest BCUT2D eigenvalue weighted by Gasteiger charge is 2.12. The predicted octanol–water partition coefficient (Wildman–Crippen LogP) is 4.86. The molecule has 0 heterocycles. The Morgan fingerprint density at radius 3 is 2.65 bits per heavy atom. The third kappa shape index (κ3) is 3.45. The van der Waals surface area contributed by atoms with Crippen LogP contribution in [0.2, 0.25) is 0 Å². The van der Waals surface area contributed by atoms with Crippen LogP contribution in [0.5, 0.6) is 0 Å². The summed E-state index contributed by atoms with van der Waals surface area (Å²) in [5.41, 5.74) is 4.38. The molecular weight excluding hydrogens is 249 g/mol. The van der Waals surface area contributed by atoms with Crippen LogP contribution in [0.1, 0.15) is 37.4 Å². The smallest absolute Gasteiger partial charge is 0.123 e. The molecule has 20 heavy (non-hydrogen) atoms. The molecular formula is C18H22FN. The molecule has 1 atom stereocenters. The number of hydrogen-bond donors (Lipinski definition) is 1. The Hall–Kier alpha value is -1.67. The molecule has 0 saturated heterocycles. The lowest BCUT2D eigenvalue weighted by Crippen LogP contribution is -2.20. The third-order valence-electron chi connectivity index (χ3n) is 3.51. The molecule has 1 nitrogen and oxygen atoms in total. The number of aryl methyl sites for hydroxylation is 1. The number of rotatable bonds is 5. The molecule has 1 unspecified atom stereocenters. The van der Waals surface area contributed by atoms with E-state index < -0.39 is 0 Å². The fourth-order valence-electron chi connectivity index (χ4n) is 2.44. The molecule has 0 spiro atoms. The van der Waals surface area contributed by atoms with Crippen molar-refractivity contribution in [2.45, 2.75) is 33.2 Å². The zero-order chi connectivity index (χ0) is 14.5. The van der Waals surface area contributed by atoms with Gasteiger partial charge in [0, 0.05) is 6.04 Å². The summed E-state index contributed by atoms with van der Waals surface area (Å²) in [4.78, 5) is 0. The van der Waals surface area contributed by atoms with E-state index in [1.54, 1.807) is 12.1 Å². The molecule has 2 rings (SSSR count). The Morgan fingerprint density at radius 2 is 1.95 bits per heavy atom. The minimum Gasteiger partial charge on any atom is -0.310 e. The van der Waals surface area contributed by atoms with Gasteiger partial charge in [-0.3, -0.25) is 0 Å². The van der Waals surface area contributed by atoms with Crippen LogP contribution in [0.3, 0.4) is 0 Å². The molecule has 0 fully saturated rings. The van der Waals surface area contributed by atoms with Gasteiger partial charge in [0.25, 0.3) is 0 Å². The van der Waals surface area contributed by atoms with Crippen molar-refractivity contribution in [3.05, 3.63) is 59.4 Å².